The van der Waals surface area contributed by atoms with E-state index in [9.17, 15) is 4.79 Å². The van der Waals surface area contributed by atoms with Crippen LogP contribution in [0.5, 0.6) is 5.75 Å². The van der Waals surface area contributed by atoms with Gasteiger partial charge in [-0.1, -0.05) is 30.3 Å². The van der Waals surface area contributed by atoms with Crippen molar-refractivity contribution >= 4 is 23.4 Å². The van der Waals surface area contributed by atoms with E-state index in [4.69, 9.17) is 4.74 Å². The number of hydrogen-bond acceptors (Lipinski definition) is 3. The lowest BCUT2D eigenvalue weighted by atomic mass is 10.1. The standard InChI is InChI=1S/C23H23NO2S/c1-17-7-6-10-22(18(17)2)24-23(25)19-11-13-20(14-12-19)26-15-16-27-21-8-4-3-5-9-21/h3-14H,15-16H2,1-2H3,(H,24,25). The number of nitrogens with one attached hydrogen (secondary N) is 1. The number of ether oxygens (including phenoxy) is 1. The van der Waals surface area contributed by atoms with Gasteiger partial charge in [-0.15, -0.1) is 11.8 Å². The van der Waals surface area contributed by atoms with Gasteiger partial charge in [-0.05, 0) is 67.4 Å². The zero-order chi connectivity index (χ0) is 19.1. The molecule has 0 aromatic heterocycles. The van der Waals surface area contributed by atoms with Crippen molar-refractivity contribution < 1.29 is 9.53 Å². The van der Waals surface area contributed by atoms with Gasteiger partial charge in [-0.3, -0.25) is 4.79 Å². The number of aryl methyl sites for hydroxylation is 1. The summed E-state index contributed by atoms with van der Waals surface area (Å²) in [7, 11) is 0. The van der Waals surface area contributed by atoms with Crippen LogP contribution >= 0.6 is 11.8 Å². The molecule has 0 saturated carbocycles. The fraction of sp³-hybridized carbons (Fsp3) is 0.174. The molecule has 0 radical (unpaired) electrons. The molecule has 4 heteroatoms. The molecule has 3 nitrogen and oxygen atoms in total. The van der Waals surface area contributed by atoms with E-state index >= 15 is 0 Å². The molecule has 0 aliphatic carbocycles. The Labute approximate surface area is 164 Å². The lowest BCUT2D eigenvalue weighted by Crippen LogP contribution is -2.13. The van der Waals surface area contributed by atoms with Crippen molar-refractivity contribution in [3.8, 4) is 5.75 Å². The summed E-state index contributed by atoms with van der Waals surface area (Å²) < 4.78 is 5.76. The maximum Gasteiger partial charge on any atom is 0.255 e. The highest BCUT2D eigenvalue weighted by Gasteiger charge is 2.08. The molecule has 138 valence electrons. The molecule has 0 bridgehead atoms. The highest BCUT2D eigenvalue weighted by Crippen LogP contribution is 2.20. The van der Waals surface area contributed by atoms with Gasteiger partial charge in [0.05, 0.1) is 6.61 Å². The van der Waals surface area contributed by atoms with Crippen LogP contribution in [0.15, 0.2) is 77.7 Å². The first-order chi connectivity index (χ1) is 13.1. The minimum absolute atomic E-state index is 0.116. The van der Waals surface area contributed by atoms with Gasteiger partial charge in [0.15, 0.2) is 0 Å². The summed E-state index contributed by atoms with van der Waals surface area (Å²) in [5.74, 6) is 1.53. The van der Waals surface area contributed by atoms with Crippen LogP contribution in [0.3, 0.4) is 0 Å². The molecule has 0 fully saturated rings. The van der Waals surface area contributed by atoms with Crippen LogP contribution in [0.2, 0.25) is 0 Å². The molecule has 0 aliphatic heterocycles. The molecule has 0 spiro atoms. The Balaban J connectivity index is 1.50. The molecule has 0 saturated heterocycles. The third-order valence-electron chi connectivity index (χ3n) is 4.33. The molecular formula is C23H23NO2S. The summed E-state index contributed by atoms with van der Waals surface area (Å²) in [6.45, 7) is 4.66. The molecule has 0 atom stereocenters. The molecule has 0 heterocycles. The van der Waals surface area contributed by atoms with Gasteiger partial charge in [-0.25, -0.2) is 0 Å². The van der Waals surface area contributed by atoms with Crippen molar-refractivity contribution in [2.45, 2.75) is 18.7 Å². The highest BCUT2D eigenvalue weighted by atomic mass is 32.2. The number of benzene rings is 3. The first-order valence-electron chi connectivity index (χ1n) is 8.92. The smallest absolute Gasteiger partial charge is 0.255 e. The average molecular weight is 378 g/mol. The van der Waals surface area contributed by atoms with Crippen molar-refractivity contribution in [3.05, 3.63) is 89.5 Å². The monoisotopic (exact) mass is 377 g/mol. The Bertz CT molecular complexity index is 892. The number of hydrogen-bond donors (Lipinski definition) is 1. The van der Waals surface area contributed by atoms with Crippen LogP contribution in [0.25, 0.3) is 0 Å². The van der Waals surface area contributed by atoms with Crippen molar-refractivity contribution in [3.63, 3.8) is 0 Å². The quantitative estimate of drug-likeness (QED) is 0.422. The predicted molar refractivity (Wildman–Crippen MR) is 113 cm³/mol. The zero-order valence-corrected chi connectivity index (χ0v) is 16.4. The summed E-state index contributed by atoms with van der Waals surface area (Å²) in [5, 5.41) is 2.97. The third-order valence-corrected chi connectivity index (χ3v) is 5.31. The number of thioether (sulfide) groups is 1. The van der Waals surface area contributed by atoms with Gasteiger partial charge >= 0.3 is 0 Å². The Morgan fingerprint density at radius 2 is 1.67 bits per heavy atom. The largest absolute Gasteiger partial charge is 0.493 e. The minimum Gasteiger partial charge on any atom is -0.493 e. The van der Waals surface area contributed by atoms with Crippen molar-refractivity contribution in [1.29, 1.82) is 0 Å². The Kier molecular flexibility index (Phi) is 6.55. The summed E-state index contributed by atoms with van der Waals surface area (Å²) >= 11 is 1.76. The maximum absolute atomic E-state index is 12.5. The molecule has 3 rings (SSSR count). The summed E-state index contributed by atoms with van der Waals surface area (Å²) in [6, 6.07) is 23.4. The SMILES string of the molecule is Cc1cccc(NC(=O)c2ccc(OCCSc3ccccc3)cc2)c1C. The van der Waals surface area contributed by atoms with Crippen LogP contribution in [-0.2, 0) is 0 Å². The Morgan fingerprint density at radius 1 is 0.926 bits per heavy atom. The van der Waals surface area contributed by atoms with E-state index in [0.29, 0.717) is 12.2 Å². The van der Waals surface area contributed by atoms with Gasteiger partial charge in [0.25, 0.3) is 5.91 Å². The second-order valence-electron chi connectivity index (χ2n) is 6.24. The number of anilines is 1. The van der Waals surface area contributed by atoms with E-state index in [-0.39, 0.29) is 5.91 Å². The van der Waals surface area contributed by atoms with E-state index < -0.39 is 0 Å². The van der Waals surface area contributed by atoms with E-state index in [1.165, 1.54) is 4.90 Å². The molecule has 1 N–H and O–H groups in total. The molecule has 3 aromatic carbocycles. The molecule has 27 heavy (non-hydrogen) atoms. The van der Waals surface area contributed by atoms with Gasteiger partial charge in [-0.2, -0.15) is 0 Å². The van der Waals surface area contributed by atoms with E-state index in [0.717, 1.165) is 28.3 Å². The molecule has 1 amide bonds. The first kappa shape index (κ1) is 19.1. The molecule has 0 aliphatic rings. The van der Waals surface area contributed by atoms with Crippen molar-refractivity contribution in [1.82, 2.24) is 0 Å². The minimum atomic E-state index is -0.116. The number of amides is 1. The predicted octanol–water partition coefficient (Wildman–Crippen LogP) is 5.73. The van der Waals surface area contributed by atoms with E-state index in [2.05, 4.69) is 17.4 Å². The first-order valence-corrected chi connectivity index (χ1v) is 9.90. The third kappa shape index (κ3) is 5.38. The fourth-order valence-electron chi connectivity index (χ4n) is 2.62. The second-order valence-corrected chi connectivity index (χ2v) is 7.40. The number of carbonyl (C=O) groups is 1. The Hall–Kier alpha value is -2.72. The van der Waals surface area contributed by atoms with Gasteiger partial charge in [0.1, 0.15) is 5.75 Å². The van der Waals surface area contributed by atoms with Crippen molar-refractivity contribution in [2.75, 3.05) is 17.7 Å². The van der Waals surface area contributed by atoms with Crippen LogP contribution in [0.1, 0.15) is 21.5 Å². The topological polar surface area (TPSA) is 38.3 Å². The van der Waals surface area contributed by atoms with Crippen molar-refractivity contribution in [2.24, 2.45) is 0 Å². The average Bonchev–Trinajstić information content (AvgIpc) is 2.70. The maximum atomic E-state index is 12.5. The van der Waals surface area contributed by atoms with Gasteiger partial charge in [0.2, 0.25) is 0 Å². The highest BCUT2D eigenvalue weighted by molar-refractivity contribution is 7.99. The summed E-state index contributed by atoms with van der Waals surface area (Å²) in [6.07, 6.45) is 0. The molecule has 0 unspecified atom stereocenters. The lowest BCUT2D eigenvalue weighted by Gasteiger charge is -2.11. The fourth-order valence-corrected chi connectivity index (χ4v) is 3.37. The molecule has 3 aromatic rings. The van der Waals surface area contributed by atoms with E-state index in [1.54, 1.807) is 23.9 Å². The Morgan fingerprint density at radius 3 is 2.41 bits per heavy atom. The van der Waals surface area contributed by atoms with Gasteiger partial charge < -0.3 is 10.1 Å². The summed E-state index contributed by atoms with van der Waals surface area (Å²) in [4.78, 5) is 13.7. The van der Waals surface area contributed by atoms with Crippen LogP contribution in [0, 0.1) is 13.8 Å². The van der Waals surface area contributed by atoms with Crippen LogP contribution in [0.4, 0.5) is 5.69 Å². The van der Waals surface area contributed by atoms with Gasteiger partial charge in [0, 0.05) is 21.9 Å². The van der Waals surface area contributed by atoms with Crippen LogP contribution < -0.4 is 10.1 Å². The summed E-state index contributed by atoms with van der Waals surface area (Å²) in [5.41, 5.74) is 3.70. The van der Waals surface area contributed by atoms with Crippen LogP contribution in [-0.4, -0.2) is 18.3 Å². The normalized spacial score (nSPS) is 10.4. The molecular weight excluding hydrogens is 354 g/mol. The lowest BCUT2D eigenvalue weighted by molar-refractivity contribution is 0.102. The number of carbonyl (C=O) groups excluding carboxylic acids is 1. The number of rotatable bonds is 7. The van der Waals surface area contributed by atoms with E-state index in [1.807, 2.05) is 62.4 Å². The zero-order valence-electron chi connectivity index (χ0n) is 15.6. The second kappa shape index (κ2) is 9.28.